The second-order valence-electron chi connectivity index (χ2n) is 23.8. The van der Waals surface area contributed by atoms with Gasteiger partial charge in [-0.2, -0.15) is 0 Å². The summed E-state index contributed by atoms with van der Waals surface area (Å²) < 4.78 is 16.5. The number of amides is 3. The van der Waals surface area contributed by atoms with Crippen molar-refractivity contribution in [1.29, 1.82) is 0 Å². The molecule has 436 valence electrons. The van der Waals surface area contributed by atoms with Crippen molar-refractivity contribution < 1.29 is 28.6 Å². The molecule has 12 nitrogen and oxygen atoms in total. The Balaban J connectivity index is 0.000000121. The average molecular weight is 1370 g/mol. The zero-order valence-corrected chi connectivity index (χ0v) is 53.0. The van der Waals surface area contributed by atoms with Gasteiger partial charge < -0.3 is 35.9 Å². The number of nitrogens with zero attached hydrogens (tertiary/aromatic N) is 2. The van der Waals surface area contributed by atoms with Crippen molar-refractivity contribution >= 4 is 119 Å². The first-order chi connectivity index (χ1) is 39.7. The molecule has 17 rings (SSSR count). The van der Waals surface area contributed by atoms with E-state index in [9.17, 15) is 14.4 Å². The third-order valence-corrected chi connectivity index (χ3v) is 20.1. The van der Waals surface area contributed by atoms with E-state index in [2.05, 4.69) is 81.9 Å². The van der Waals surface area contributed by atoms with Crippen LogP contribution < -0.4 is 35.9 Å². The number of nitrogens with one attached hydrogen (secondary N) is 3. The van der Waals surface area contributed by atoms with E-state index in [0.29, 0.717) is 32.3 Å². The van der Waals surface area contributed by atoms with Crippen LogP contribution in [-0.2, 0) is 51.2 Å². The van der Waals surface area contributed by atoms with Crippen molar-refractivity contribution in [3.63, 3.8) is 0 Å². The van der Waals surface area contributed by atoms with Gasteiger partial charge in [0.2, 0.25) is 0 Å². The fourth-order valence-corrected chi connectivity index (χ4v) is 15.7. The van der Waals surface area contributed by atoms with Crippen LogP contribution in [0, 0.1) is 0 Å². The number of alkyl halides is 2. The van der Waals surface area contributed by atoms with Gasteiger partial charge in [0.15, 0.2) is 19.8 Å². The minimum absolute atomic E-state index is 0.00428. The van der Waals surface area contributed by atoms with Crippen molar-refractivity contribution in [3.05, 3.63) is 191 Å². The fourth-order valence-electron chi connectivity index (χ4n) is 13.7. The lowest BCUT2D eigenvalue weighted by molar-refractivity contribution is -0.187. The van der Waals surface area contributed by atoms with Gasteiger partial charge in [-0.05, 0) is 200 Å². The summed E-state index contributed by atoms with van der Waals surface area (Å²) in [5.41, 5.74) is 14.3. The van der Waals surface area contributed by atoms with Gasteiger partial charge in [0, 0.05) is 100 Å². The second-order valence-corrected chi connectivity index (χ2v) is 27.6. The number of halogens is 8. The van der Waals surface area contributed by atoms with Crippen LogP contribution in [0.2, 0.25) is 30.1 Å². The standard InChI is InChI=1S/2C21H20Cl2N2O2.C13H15ClN2O2.C8H7Br2Cl/c2*22-16-3-5-18(6-4-16)27-10-19(26)24-20-11-21(12-20,13-20)25-8-14-1-2-17(23)7-15(14)9-25;14-9-1-3-10(4-2-9)18-5-11(17)16-13-6-12(15,7-13)8-13;9-4-6-1-2-8(11)3-7(6)5-10/h2*1-7H,8-13H2,(H,24,26);1-4H,5-8,15H2,(H,16,17);1-3H,4-5H2. The zero-order chi connectivity index (χ0) is 58.4. The van der Waals surface area contributed by atoms with Gasteiger partial charge in [0.25, 0.3) is 17.7 Å². The lowest BCUT2D eigenvalue weighted by atomic mass is 9.43. The fraction of sp³-hybridized carbons (Fsp3) is 0.381. The third kappa shape index (κ3) is 13.6. The Morgan fingerprint density at radius 2 is 0.711 bits per heavy atom. The van der Waals surface area contributed by atoms with Crippen LogP contribution in [0.4, 0.5) is 0 Å². The molecular formula is C63H62Br2Cl6N6O6. The van der Waals surface area contributed by atoms with E-state index >= 15 is 0 Å². The molecule has 2 aliphatic heterocycles. The summed E-state index contributed by atoms with van der Waals surface area (Å²) in [5, 5.41) is 15.4. The minimum Gasteiger partial charge on any atom is -0.484 e. The summed E-state index contributed by atoms with van der Waals surface area (Å²) in [6.45, 7) is 3.97. The first kappa shape index (κ1) is 60.4. The second kappa shape index (κ2) is 24.5. The zero-order valence-electron chi connectivity index (χ0n) is 45.3. The summed E-state index contributed by atoms with van der Waals surface area (Å²) >= 11 is 42.3. The third-order valence-electron chi connectivity index (χ3n) is 17.4. The quantitative estimate of drug-likeness (QED) is 0.0695. The average Bonchev–Trinajstić information content (AvgIpc) is 1.59. The molecule has 0 spiro atoms. The lowest BCUT2D eigenvalue weighted by Crippen LogP contribution is -2.83. The number of ether oxygens (including phenoxy) is 3. The number of carbonyl (C=O) groups excluding carboxylic acids is 3. The molecular weight excluding hydrogens is 1310 g/mol. The highest BCUT2D eigenvalue weighted by atomic mass is 79.9. The Hall–Kier alpha value is -4.29. The number of benzene rings is 6. The number of hydrogen-bond donors (Lipinski definition) is 4. The molecule has 0 unspecified atom stereocenters. The van der Waals surface area contributed by atoms with Crippen molar-refractivity contribution in [2.45, 2.75) is 128 Å². The molecule has 9 saturated carbocycles. The Labute approximate surface area is 530 Å². The summed E-state index contributed by atoms with van der Waals surface area (Å²) in [7, 11) is 0. The monoisotopic (exact) mass is 1370 g/mol. The SMILES string of the molecule is Clc1ccc(CBr)c(CBr)c1.NC12CC(NC(=O)COc3ccc(Cl)cc3)(C1)C2.O=C(COc1ccc(Cl)cc1)NC12CC(N3Cc4ccc(Cl)cc4C3)(C1)C2.O=C(COc1ccc(Cl)cc1)NC12CC(N3Cc4ccc(Cl)cc4C3)(C1)C2. The van der Waals surface area contributed by atoms with Crippen LogP contribution in [0.3, 0.4) is 0 Å². The first-order valence-corrected chi connectivity index (χ1v) is 32.0. The molecule has 3 amide bonds. The predicted molar refractivity (Wildman–Crippen MR) is 336 cm³/mol. The number of fused-ring (bicyclic) bond motifs is 2. The van der Waals surface area contributed by atoms with Gasteiger partial charge >= 0.3 is 0 Å². The largest absolute Gasteiger partial charge is 0.484 e. The molecule has 9 aliphatic carbocycles. The molecule has 0 saturated heterocycles. The van der Waals surface area contributed by atoms with Crippen molar-refractivity contribution in [2.75, 3.05) is 19.8 Å². The maximum Gasteiger partial charge on any atom is 0.258 e. The van der Waals surface area contributed by atoms with Crippen LogP contribution in [0.5, 0.6) is 17.2 Å². The van der Waals surface area contributed by atoms with E-state index in [1.807, 2.05) is 30.3 Å². The highest BCUT2D eigenvalue weighted by Crippen LogP contribution is 2.66. The van der Waals surface area contributed by atoms with E-state index in [-0.39, 0.29) is 70.8 Å². The lowest BCUT2D eigenvalue weighted by Gasteiger charge is -2.73. The van der Waals surface area contributed by atoms with Crippen LogP contribution in [0.1, 0.15) is 91.2 Å². The molecule has 6 aromatic carbocycles. The summed E-state index contributed by atoms with van der Waals surface area (Å²) in [6.07, 6.45) is 8.82. The number of carbonyl (C=O) groups is 3. The molecule has 11 aliphatic rings. The van der Waals surface area contributed by atoms with Gasteiger partial charge in [-0.1, -0.05) is 120 Å². The van der Waals surface area contributed by atoms with Crippen molar-refractivity contribution in [2.24, 2.45) is 5.73 Å². The first-order valence-electron chi connectivity index (χ1n) is 27.5. The minimum atomic E-state index is -0.0910. The Morgan fingerprint density at radius 1 is 0.410 bits per heavy atom. The van der Waals surface area contributed by atoms with Gasteiger partial charge in [-0.25, -0.2) is 0 Å². The number of hydrogen-bond acceptors (Lipinski definition) is 9. The molecule has 2 heterocycles. The van der Waals surface area contributed by atoms with Gasteiger partial charge in [0.05, 0.1) is 0 Å². The predicted octanol–water partition coefficient (Wildman–Crippen LogP) is 14.0. The maximum absolute atomic E-state index is 12.3. The van der Waals surface area contributed by atoms with Gasteiger partial charge in [-0.3, -0.25) is 24.2 Å². The van der Waals surface area contributed by atoms with Crippen LogP contribution >= 0.6 is 101 Å². The topological polar surface area (TPSA) is 147 Å². The van der Waals surface area contributed by atoms with Crippen molar-refractivity contribution in [1.82, 2.24) is 25.8 Å². The molecule has 0 atom stereocenters. The van der Waals surface area contributed by atoms with E-state index < -0.39 is 0 Å². The molecule has 5 N–H and O–H groups in total. The van der Waals surface area contributed by atoms with Crippen LogP contribution in [0.25, 0.3) is 0 Å². The Bertz CT molecular complexity index is 3200. The molecule has 0 aromatic heterocycles. The highest BCUT2D eigenvalue weighted by Gasteiger charge is 2.72. The molecule has 0 radical (unpaired) electrons. The van der Waals surface area contributed by atoms with Crippen LogP contribution in [-0.4, -0.2) is 80.6 Å². The Morgan fingerprint density at radius 3 is 1.05 bits per heavy atom. The number of rotatable bonds is 16. The molecule has 6 aromatic rings. The summed E-state index contributed by atoms with van der Waals surface area (Å²) in [6, 6.07) is 39.3. The highest BCUT2D eigenvalue weighted by molar-refractivity contribution is 9.09. The molecule has 83 heavy (non-hydrogen) atoms. The van der Waals surface area contributed by atoms with E-state index in [4.69, 9.17) is 89.5 Å². The summed E-state index contributed by atoms with van der Waals surface area (Å²) in [5.74, 6) is 1.73. The number of nitrogens with two attached hydrogens (primary N) is 1. The van der Waals surface area contributed by atoms with Gasteiger partial charge in [0.1, 0.15) is 17.2 Å². The van der Waals surface area contributed by atoms with Gasteiger partial charge in [-0.15, -0.1) is 0 Å². The molecule has 9 fully saturated rings. The van der Waals surface area contributed by atoms with E-state index in [1.54, 1.807) is 72.8 Å². The van der Waals surface area contributed by atoms with Crippen molar-refractivity contribution in [3.8, 4) is 17.2 Å². The normalized spacial score (nSPS) is 26.6. The maximum atomic E-state index is 12.3. The summed E-state index contributed by atoms with van der Waals surface area (Å²) in [4.78, 5) is 41.3. The molecule has 20 heteroatoms. The Kier molecular flexibility index (Phi) is 17.8. The van der Waals surface area contributed by atoms with Crippen LogP contribution in [0.15, 0.2) is 127 Å². The van der Waals surface area contributed by atoms with E-state index in [0.717, 1.165) is 110 Å². The smallest absolute Gasteiger partial charge is 0.258 e. The molecule has 6 bridgehead atoms. The van der Waals surface area contributed by atoms with E-state index in [1.165, 1.54) is 33.4 Å².